The molecule has 6 nitrogen and oxygen atoms in total. The lowest BCUT2D eigenvalue weighted by Crippen LogP contribution is -2.27. The molecule has 1 fully saturated rings. The van der Waals surface area contributed by atoms with Crippen LogP contribution < -0.4 is 14.8 Å². The number of hydrogen-bond donors (Lipinski definition) is 2. The number of fused-ring (bicyclic) bond motifs is 2. The first-order chi connectivity index (χ1) is 13.8. The van der Waals surface area contributed by atoms with Crippen molar-refractivity contribution in [3.63, 3.8) is 0 Å². The summed E-state index contributed by atoms with van der Waals surface area (Å²) in [5.41, 5.74) is 2.53. The molecule has 0 bridgehead atoms. The second kappa shape index (κ2) is 5.92. The van der Waals surface area contributed by atoms with Crippen LogP contribution in [-0.2, 0) is 15.6 Å². The fourth-order valence-corrected chi connectivity index (χ4v) is 4.03. The SMILES string of the molecule is CC(C)(C)c1cc2cc(NC(=O)C3(c4ccc5c(c4)OCO5)CC3)ccc2n1O. The summed E-state index contributed by atoms with van der Waals surface area (Å²) in [5, 5.41) is 14.4. The van der Waals surface area contributed by atoms with Crippen LogP contribution in [0.1, 0.15) is 44.9 Å². The molecule has 0 saturated heterocycles. The molecule has 2 aliphatic rings. The molecule has 150 valence electrons. The summed E-state index contributed by atoms with van der Waals surface area (Å²) in [7, 11) is 0. The number of rotatable bonds is 3. The summed E-state index contributed by atoms with van der Waals surface area (Å²) in [6.07, 6.45) is 1.61. The molecule has 1 aromatic heterocycles. The predicted octanol–water partition coefficient (Wildman–Crippen LogP) is 4.58. The molecular weight excluding hydrogens is 368 g/mol. The van der Waals surface area contributed by atoms with Crippen LogP contribution in [0.2, 0.25) is 0 Å². The lowest BCUT2D eigenvalue weighted by molar-refractivity contribution is -0.118. The molecule has 2 heterocycles. The van der Waals surface area contributed by atoms with Gasteiger partial charge in [-0.05, 0) is 54.8 Å². The number of hydrogen-bond acceptors (Lipinski definition) is 4. The van der Waals surface area contributed by atoms with Crippen molar-refractivity contribution in [2.24, 2.45) is 0 Å². The number of nitrogens with one attached hydrogen (secondary N) is 1. The van der Waals surface area contributed by atoms with E-state index in [0.29, 0.717) is 5.75 Å². The maximum Gasteiger partial charge on any atom is 0.235 e. The van der Waals surface area contributed by atoms with Gasteiger partial charge in [0.1, 0.15) is 0 Å². The van der Waals surface area contributed by atoms with Gasteiger partial charge in [0.15, 0.2) is 11.5 Å². The van der Waals surface area contributed by atoms with Crippen molar-refractivity contribution in [2.75, 3.05) is 12.1 Å². The molecule has 0 spiro atoms. The maximum atomic E-state index is 13.1. The minimum absolute atomic E-state index is 0.0183. The second-order valence-corrected chi connectivity index (χ2v) is 8.97. The zero-order chi connectivity index (χ0) is 20.4. The first-order valence-corrected chi connectivity index (χ1v) is 9.85. The van der Waals surface area contributed by atoms with Crippen LogP contribution in [0.5, 0.6) is 11.5 Å². The van der Waals surface area contributed by atoms with Gasteiger partial charge in [-0.1, -0.05) is 26.8 Å². The van der Waals surface area contributed by atoms with Gasteiger partial charge in [0, 0.05) is 16.5 Å². The lowest BCUT2D eigenvalue weighted by Gasteiger charge is -2.18. The number of nitrogens with zero attached hydrogens (tertiary/aromatic N) is 1. The van der Waals surface area contributed by atoms with Crippen molar-refractivity contribution >= 4 is 22.5 Å². The van der Waals surface area contributed by atoms with Crippen LogP contribution >= 0.6 is 0 Å². The standard InChI is InChI=1S/C23H24N2O4/c1-22(2,3)20-11-14-10-16(5-6-17(14)25(20)27)24-21(26)23(8-9-23)15-4-7-18-19(12-15)29-13-28-18/h4-7,10-12,27H,8-9,13H2,1-3H3,(H,24,26). The fourth-order valence-electron chi connectivity index (χ4n) is 4.03. The van der Waals surface area contributed by atoms with Gasteiger partial charge in [-0.3, -0.25) is 4.79 Å². The van der Waals surface area contributed by atoms with Crippen molar-refractivity contribution in [3.05, 3.63) is 53.7 Å². The number of carbonyl (C=O) groups excluding carboxylic acids is 1. The van der Waals surface area contributed by atoms with Gasteiger partial charge in [0.2, 0.25) is 12.7 Å². The third-order valence-electron chi connectivity index (χ3n) is 5.91. The number of carbonyl (C=O) groups is 1. The van der Waals surface area contributed by atoms with Gasteiger partial charge in [0.05, 0.1) is 16.6 Å². The largest absolute Gasteiger partial charge is 0.454 e. The number of anilines is 1. The van der Waals surface area contributed by atoms with E-state index in [1.807, 2.05) is 42.5 Å². The van der Waals surface area contributed by atoms with E-state index in [-0.39, 0.29) is 18.1 Å². The van der Waals surface area contributed by atoms with Crippen molar-refractivity contribution in [2.45, 2.75) is 44.4 Å². The highest BCUT2D eigenvalue weighted by atomic mass is 16.7. The molecule has 0 radical (unpaired) electrons. The molecule has 6 heteroatoms. The van der Waals surface area contributed by atoms with Crippen molar-refractivity contribution in [1.29, 1.82) is 0 Å². The van der Waals surface area contributed by atoms with Crippen LogP contribution in [0, 0.1) is 0 Å². The number of amides is 1. The van der Waals surface area contributed by atoms with Crippen LogP contribution in [0.3, 0.4) is 0 Å². The van der Waals surface area contributed by atoms with E-state index in [2.05, 4.69) is 26.1 Å². The summed E-state index contributed by atoms with van der Waals surface area (Å²) in [6.45, 7) is 6.38. The normalized spacial score (nSPS) is 16.8. The molecule has 2 N–H and O–H groups in total. The Kier molecular flexibility index (Phi) is 3.66. The predicted molar refractivity (Wildman–Crippen MR) is 110 cm³/mol. The number of benzene rings is 2. The fraction of sp³-hybridized carbons (Fsp3) is 0.348. The van der Waals surface area contributed by atoms with Crippen molar-refractivity contribution in [1.82, 2.24) is 4.73 Å². The smallest absolute Gasteiger partial charge is 0.235 e. The summed E-state index contributed by atoms with van der Waals surface area (Å²) >= 11 is 0. The van der Waals surface area contributed by atoms with E-state index >= 15 is 0 Å². The van der Waals surface area contributed by atoms with Crippen molar-refractivity contribution < 1.29 is 19.5 Å². The van der Waals surface area contributed by atoms with Gasteiger partial charge in [-0.15, -0.1) is 0 Å². The molecule has 1 saturated carbocycles. The minimum atomic E-state index is -0.518. The Morgan fingerprint density at radius 1 is 1.07 bits per heavy atom. The third kappa shape index (κ3) is 2.82. The van der Waals surface area contributed by atoms with Crippen LogP contribution in [0.25, 0.3) is 10.9 Å². The average Bonchev–Trinajstić information content (AvgIpc) is 3.23. The molecule has 29 heavy (non-hydrogen) atoms. The summed E-state index contributed by atoms with van der Waals surface area (Å²) in [6, 6.07) is 13.3. The van der Waals surface area contributed by atoms with Gasteiger partial charge in [-0.25, -0.2) is 0 Å². The highest BCUT2D eigenvalue weighted by molar-refractivity contribution is 6.02. The Labute approximate surface area is 169 Å². The zero-order valence-electron chi connectivity index (χ0n) is 16.8. The van der Waals surface area contributed by atoms with Crippen LogP contribution in [0.4, 0.5) is 5.69 Å². The third-order valence-corrected chi connectivity index (χ3v) is 5.91. The van der Waals surface area contributed by atoms with Gasteiger partial charge < -0.3 is 20.0 Å². The Hall–Kier alpha value is -3.15. The zero-order valence-corrected chi connectivity index (χ0v) is 16.8. The Balaban J connectivity index is 1.42. The molecule has 1 aliphatic heterocycles. The average molecular weight is 392 g/mol. The number of ether oxygens (including phenoxy) is 2. The van der Waals surface area contributed by atoms with Crippen LogP contribution in [-0.4, -0.2) is 22.6 Å². The first kappa shape index (κ1) is 17.9. The highest BCUT2D eigenvalue weighted by Gasteiger charge is 2.51. The monoisotopic (exact) mass is 392 g/mol. The van der Waals surface area contributed by atoms with E-state index in [9.17, 15) is 10.0 Å². The van der Waals surface area contributed by atoms with Crippen molar-refractivity contribution in [3.8, 4) is 11.5 Å². The second-order valence-electron chi connectivity index (χ2n) is 8.97. The topological polar surface area (TPSA) is 72.7 Å². The van der Waals surface area contributed by atoms with Gasteiger partial charge in [-0.2, -0.15) is 4.73 Å². The van der Waals surface area contributed by atoms with Gasteiger partial charge in [0.25, 0.3) is 0 Å². The van der Waals surface area contributed by atoms with E-state index in [1.165, 1.54) is 4.73 Å². The Morgan fingerprint density at radius 2 is 1.83 bits per heavy atom. The lowest BCUT2D eigenvalue weighted by atomic mass is 9.92. The molecule has 5 rings (SSSR count). The molecule has 2 aromatic carbocycles. The Morgan fingerprint density at radius 3 is 2.55 bits per heavy atom. The van der Waals surface area contributed by atoms with E-state index in [0.717, 1.165) is 46.4 Å². The van der Waals surface area contributed by atoms with E-state index < -0.39 is 5.41 Å². The molecular formula is C23H24N2O4. The minimum Gasteiger partial charge on any atom is -0.454 e. The van der Waals surface area contributed by atoms with Gasteiger partial charge >= 0.3 is 0 Å². The molecule has 0 atom stereocenters. The molecule has 0 unspecified atom stereocenters. The first-order valence-electron chi connectivity index (χ1n) is 9.85. The summed E-state index contributed by atoms with van der Waals surface area (Å²) in [5.74, 6) is 1.40. The van der Waals surface area contributed by atoms with Crippen LogP contribution in [0.15, 0.2) is 42.5 Å². The molecule has 3 aromatic rings. The summed E-state index contributed by atoms with van der Waals surface area (Å²) < 4.78 is 12.1. The number of aromatic nitrogens is 1. The highest BCUT2D eigenvalue weighted by Crippen LogP contribution is 2.51. The van der Waals surface area contributed by atoms with E-state index in [4.69, 9.17) is 9.47 Å². The molecule has 1 aliphatic carbocycles. The molecule has 1 amide bonds. The van der Waals surface area contributed by atoms with E-state index in [1.54, 1.807) is 0 Å². The quantitative estimate of drug-likeness (QED) is 0.640. The Bertz CT molecular complexity index is 1140. The summed E-state index contributed by atoms with van der Waals surface area (Å²) in [4.78, 5) is 13.1. The maximum absolute atomic E-state index is 13.1.